The Labute approximate surface area is 152 Å². The molecule has 1 aromatic carbocycles. The third-order valence-corrected chi connectivity index (χ3v) is 6.57. The topological polar surface area (TPSA) is 58.6 Å². The van der Waals surface area contributed by atoms with E-state index in [-0.39, 0.29) is 24.4 Å². The summed E-state index contributed by atoms with van der Waals surface area (Å²) >= 11 is 0. The molecule has 0 radical (unpaired) electrons. The number of benzene rings is 1. The van der Waals surface area contributed by atoms with Crippen molar-refractivity contribution in [2.24, 2.45) is 0 Å². The zero-order chi connectivity index (χ0) is 17.2. The molecule has 0 saturated carbocycles. The van der Waals surface area contributed by atoms with Gasteiger partial charge in [-0.15, -0.1) is 12.4 Å². The van der Waals surface area contributed by atoms with E-state index in [4.69, 9.17) is 4.74 Å². The van der Waals surface area contributed by atoms with Crippen LogP contribution >= 0.6 is 12.4 Å². The van der Waals surface area contributed by atoms with E-state index in [0.29, 0.717) is 18.0 Å². The van der Waals surface area contributed by atoms with Crippen molar-refractivity contribution in [3.63, 3.8) is 0 Å². The molecule has 1 atom stereocenters. The van der Waals surface area contributed by atoms with Crippen LogP contribution in [0, 0.1) is 6.92 Å². The molecule has 5 nitrogen and oxygen atoms in total. The van der Waals surface area contributed by atoms with Crippen molar-refractivity contribution in [1.29, 1.82) is 0 Å². The van der Waals surface area contributed by atoms with Crippen LogP contribution in [0.15, 0.2) is 17.0 Å². The van der Waals surface area contributed by atoms with E-state index in [1.165, 1.54) is 0 Å². The van der Waals surface area contributed by atoms with Crippen LogP contribution in [0.4, 0.5) is 0 Å². The normalized spacial score (nSPS) is 19.2. The Morgan fingerprint density at radius 2 is 2.00 bits per heavy atom. The minimum absolute atomic E-state index is 0. The minimum atomic E-state index is -3.48. The summed E-state index contributed by atoms with van der Waals surface area (Å²) in [5, 5.41) is 3.19. The van der Waals surface area contributed by atoms with Gasteiger partial charge in [0.15, 0.2) is 0 Å². The fourth-order valence-corrected chi connectivity index (χ4v) is 4.88. The Kier molecular flexibility index (Phi) is 7.53. The average Bonchev–Trinajstić information content (AvgIpc) is 2.53. The second-order valence-corrected chi connectivity index (χ2v) is 8.41. The predicted octanol–water partition coefficient (Wildman–Crippen LogP) is 2.92. The molecule has 1 aliphatic rings. The first-order valence-corrected chi connectivity index (χ1v) is 9.61. The molecular weight excluding hydrogens is 348 g/mol. The zero-order valence-corrected chi connectivity index (χ0v) is 16.8. The Hall–Kier alpha value is -0.820. The highest BCUT2D eigenvalue weighted by molar-refractivity contribution is 7.89. The maximum absolute atomic E-state index is 13.1. The summed E-state index contributed by atoms with van der Waals surface area (Å²) in [5.74, 6) is 0.953. The standard InChI is InChI=1S/C17H28N2O3S.ClH/c1-12(2)15-10-17(13(3)9-16(15)22-5)23(20,21)19-8-6-7-14(11-19)18-4;/h9-10,12,14,18H,6-8,11H2,1-5H3;1H. The quantitative estimate of drug-likeness (QED) is 0.858. The van der Waals surface area contributed by atoms with E-state index in [2.05, 4.69) is 5.32 Å². The number of hydrogen-bond acceptors (Lipinski definition) is 4. The molecule has 1 saturated heterocycles. The smallest absolute Gasteiger partial charge is 0.243 e. The molecule has 1 aromatic rings. The van der Waals surface area contributed by atoms with E-state index in [1.54, 1.807) is 17.5 Å². The molecule has 0 bridgehead atoms. The van der Waals surface area contributed by atoms with Crippen LogP contribution in [0.1, 0.15) is 43.7 Å². The van der Waals surface area contributed by atoms with Crippen molar-refractivity contribution < 1.29 is 13.2 Å². The first-order valence-electron chi connectivity index (χ1n) is 8.17. The monoisotopic (exact) mass is 376 g/mol. The first-order chi connectivity index (χ1) is 10.8. The second kappa shape index (κ2) is 8.52. The highest BCUT2D eigenvalue weighted by atomic mass is 35.5. The molecule has 7 heteroatoms. The van der Waals surface area contributed by atoms with Crippen LogP contribution < -0.4 is 10.1 Å². The number of piperidine rings is 1. The van der Waals surface area contributed by atoms with Crippen LogP contribution in [0.25, 0.3) is 0 Å². The van der Waals surface area contributed by atoms with Crippen molar-refractivity contribution in [3.05, 3.63) is 23.3 Å². The molecular formula is C17H29ClN2O3S. The number of ether oxygens (including phenoxy) is 1. The summed E-state index contributed by atoms with van der Waals surface area (Å²) in [4.78, 5) is 0.402. The van der Waals surface area contributed by atoms with Crippen molar-refractivity contribution in [1.82, 2.24) is 9.62 Å². The Balaban J connectivity index is 0.00000288. The Bertz CT molecular complexity index is 662. The van der Waals surface area contributed by atoms with Gasteiger partial charge in [0.1, 0.15) is 5.75 Å². The number of nitrogens with one attached hydrogen (secondary N) is 1. The maximum Gasteiger partial charge on any atom is 0.243 e. The van der Waals surface area contributed by atoms with Gasteiger partial charge in [-0.3, -0.25) is 0 Å². The number of rotatable bonds is 5. The third kappa shape index (κ3) is 4.23. The highest BCUT2D eigenvalue weighted by Crippen LogP contribution is 2.33. The van der Waals surface area contributed by atoms with E-state index in [9.17, 15) is 8.42 Å². The lowest BCUT2D eigenvalue weighted by Gasteiger charge is -2.32. The number of aryl methyl sites for hydroxylation is 1. The molecule has 1 N–H and O–H groups in total. The van der Waals surface area contributed by atoms with Gasteiger partial charge >= 0.3 is 0 Å². The number of methoxy groups -OCH3 is 1. The summed E-state index contributed by atoms with van der Waals surface area (Å²) in [6.45, 7) is 7.03. The molecule has 24 heavy (non-hydrogen) atoms. The SMILES string of the molecule is CNC1CCCN(S(=O)(=O)c2cc(C(C)C)c(OC)cc2C)C1.Cl. The van der Waals surface area contributed by atoms with E-state index < -0.39 is 10.0 Å². The van der Waals surface area contributed by atoms with E-state index in [0.717, 1.165) is 29.7 Å². The minimum Gasteiger partial charge on any atom is -0.496 e. The number of likely N-dealkylation sites (N-methyl/N-ethyl adjacent to an activating group) is 1. The molecule has 1 heterocycles. The first kappa shape index (κ1) is 21.2. The zero-order valence-electron chi connectivity index (χ0n) is 15.1. The van der Waals surface area contributed by atoms with Crippen LogP contribution in [0.3, 0.4) is 0 Å². The van der Waals surface area contributed by atoms with Gasteiger partial charge in [0, 0.05) is 19.1 Å². The summed E-state index contributed by atoms with van der Waals surface area (Å²) in [6, 6.07) is 3.85. The molecule has 0 aromatic heterocycles. The average molecular weight is 377 g/mol. The number of halogens is 1. The van der Waals surface area contributed by atoms with Gasteiger partial charge < -0.3 is 10.1 Å². The lowest BCUT2D eigenvalue weighted by Crippen LogP contribution is -2.47. The Morgan fingerprint density at radius 3 is 2.54 bits per heavy atom. The highest BCUT2D eigenvalue weighted by Gasteiger charge is 2.31. The van der Waals surface area contributed by atoms with Gasteiger partial charge in [-0.05, 0) is 56.0 Å². The lowest BCUT2D eigenvalue weighted by molar-refractivity contribution is 0.292. The van der Waals surface area contributed by atoms with Crippen LogP contribution in [0.2, 0.25) is 0 Å². The van der Waals surface area contributed by atoms with Crippen molar-refractivity contribution in [2.75, 3.05) is 27.2 Å². The fraction of sp³-hybridized carbons (Fsp3) is 0.647. The van der Waals surface area contributed by atoms with Crippen LogP contribution in [-0.4, -0.2) is 46.0 Å². The fourth-order valence-electron chi connectivity index (χ4n) is 3.12. The summed E-state index contributed by atoms with van der Waals surface area (Å²) in [5.41, 5.74) is 1.66. The number of nitrogens with zero attached hydrogens (tertiary/aromatic N) is 1. The molecule has 1 aliphatic heterocycles. The van der Waals surface area contributed by atoms with Crippen LogP contribution in [0.5, 0.6) is 5.75 Å². The molecule has 138 valence electrons. The summed E-state index contributed by atoms with van der Waals surface area (Å²) in [6.07, 6.45) is 1.90. The van der Waals surface area contributed by atoms with Gasteiger partial charge in [0.25, 0.3) is 0 Å². The van der Waals surface area contributed by atoms with Gasteiger partial charge in [-0.25, -0.2) is 8.42 Å². The van der Waals surface area contributed by atoms with Gasteiger partial charge in [-0.2, -0.15) is 4.31 Å². The maximum atomic E-state index is 13.1. The summed E-state index contributed by atoms with van der Waals surface area (Å²) in [7, 11) is 0.0283. The van der Waals surface area contributed by atoms with Crippen molar-refractivity contribution in [2.45, 2.75) is 50.5 Å². The number of hydrogen-bond donors (Lipinski definition) is 1. The molecule has 0 spiro atoms. The van der Waals surface area contributed by atoms with Crippen LogP contribution in [-0.2, 0) is 10.0 Å². The molecule has 0 amide bonds. The van der Waals surface area contributed by atoms with Gasteiger partial charge in [0.05, 0.1) is 12.0 Å². The number of sulfonamides is 1. The molecule has 2 rings (SSSR count). The predicted molar refractivity (Wildman–Crippen MR) is 99.9 cm³/mol. The molecule has 1 fully saturated rings. The van der Waals surface area contributed by atoms with Crippen molar-refractivity contribution in [3.8, 4) is 5.75 Å². The third-order valence-electron chi connectivity index (χ3n) is 4.56. The van der Waals surface area contributed by atoms with Gasteiger partial charge in [0.2, 0.25) is 10.0 Å². The summed E-state index contributed by atoms with van der Waals surface area (Å²) < 4.78 is 33.2. The van der Waals surface area contributed by atoms with E-state index >= 15 is 0 Å². The van der Waals surface area contributed by atoms with E-state index in [1.807, 2.05) is 33.9 Å². The second-order valence-electron chi connectivity index (χ2n) is 6.51. The van der Waals surface area contributed by atoms with Gasteiger partial charge in [-0.1, -0.05) is 13.8 Å². The Morgan fingerprint density at radius 1 is 1.33 bits per heavy atom. The largest absolute Gasteiger partial charge is 0.496 e. The molecule has 0 aliphatic carbocycles. The van der Waals surface area contributed by atoms with Crippen molar-refractivity contribution >= 4 is 22.4 Å². The molecule has 1 unspecified atom stereocenters. The lowest BCUT2D eigenvalue weighted by atomic mass is 10.0.